The highest BCUT2D eigenvalue weighted by atomic mass is 32.1. The zero-order chi connectivity index (χ0) is 35.9. The van der Waals surface area contributed by atoms with Crippen LogP contribution >= 0.6 is 11.3 Å². The standard InChI is InChI=1S/C50H38N2OS/c1-3-33-34(32-25-28-46-41(29-32)38-17-8-11-22-45(38)54-46)26-23-30(2)48(51-50(33)52-42-19-9-6-15-36(42)37-16-7-10-20-43(37)52)39-18-12-21-44-47(39)40-27-24-31-13-4-5-14-35(31)49(40)53-44/h4-22,24-30,33,50H,3,23H2,1-2H3/b34-26+,51-48?/t30?,33-,50?/m0/s1. The summed E-state index contributed by atoms with van der Waals surface area (Å²) >= 11 is 1.88. The molecule has 0 aliphatic carbocycles. The topological polar surface area (TPSA) is 30.4 Å². The second-order valence-corrected chi connectivity index (χ2v) is 16.0. The number of thiophene rings is 1. The fourth-order valence-electron chi connectivity index (χ4n) is 9.33. The van der Waals surface area contributed by atoms with E-state index in [4.69, 9.17) is 9.41 Å². The first-order valence-electron chi connectivity index (χ1n) is 19.2. The van der Waals surface area contributed by atoms with Crippen molar-refractivity contribution in [1.29, 1.82) is 0 Å². The van der Waals surface area contributed by atoms with Gasteiger partial charge in [0.25, 0.3) is 0 Å². The number of hydrogen-bond acceptors (Lipinski definition) is 3. The van der Waals surface area contributed by atoms with Crippen LogP contribution in [0.25, 0.3) is 80.3 Å². The van der Waals surface area contributed by atoms with Gasteiger partial charge in [-0.15, -0.1) is 11.3 Å². The smallest absolute Gasteiger partial charge is 0.143 e. The number of nitrogens with zero attached hydrogens (tertiary/aromatic N) is 2. The van der Waals surface area contributed by atoms with Crippen LogP contribution in [0.1, 0.15) is 44.0 Å². The molecule has 54 heavy (non-hydrogen) atoms. The third kappa shape index (κ3) is 4.69. The van der Waals surface area contributed by atoms with Gasteiger partial charge in [0.2, 0.25) is 0 Å². The van der Waals surface area contributed by atoms with Crippen LogP contribution in [0, 0.1) is 11.8 Å². The maximum absolute atomic E-state index is 6.71. The molecule has 10 aromatic rings. The molecule has 1 aliphatic rings. The number of aromatic nitrogens is 1. The lowest BCUT2D eigenvalue weighted by atomic mass is 9.82. The SMILES string of the molecule is CC[C@H]1/C(c2ccc3sc4ccccc4c3c2)=C/CC(C)C(c2cccc3oc4c5ccccc5ccc4c23)=NC1n1c2ccccc2c2ccccc21. The second-order valence-electron chi connectivity index (χ2n) is 14.9. The Hall–Kier alpha value is -5.97. The van der Waals surface area contributed by atoms with Gasteiger partial charge in [-0.05, 0) is 71.8 Å². The largest absolute Gasteiger partial charge is 0.455 e. The predicted octanol–water partition coefficient (Wildman–Crippen LogP) is 14.4. The highest BCUT2D eigenvalue weighted by Gasteiger charge is 2.33. The highest BCUT2D eigenvalue weighted by molar-refractivity contribution is 7.25. The summed E-state index contributed by atoms with van der Waals surface area (Å²) in [5, 5.41) is 9.82. The van der Waals surface area contributed by atoms with Crippen molar-refractivity contribution in [1.82, 2.24) is 4.57 Å². The Morgan fingerprint density at radius 1 is 0.667 bits per heavy atom. The quantitative estimate of drug-likeness (QED) is 0.178. The van der Waals surface area contributed by atoms with E-state index in [9.17, 15) is 0 Å². The summed E-state index contributed by atoms with van der Waals surface area (Å²) in [6, 6.07) is 53.2. The molecule has 11 rings (SSSR count). The molecule has 3 atom stereocenters. The summed E-state index contributed by atoms with van der Waals surface area (Å²) in [4.78, 5) is 6.06. The molecule has 4 heterocycles. The van der Waals surface area contributed by atoms with E-state index >= 15 is 0 Å². The number of rotatable bonds is 4. The van der Waals surface area contributed by atoms with Gasteiger partial charge < -0.3 is 8.98 Å². The average Bonchev–Trinajstić information content (AvgIpc) is 3.89. The van der Waals surface area contributed by atoms with Crippen LogP contribution in [0.3, 0.4) is 0 Å². The van der Waals surface area contributed by atoms with E-state index in [0.717, 1.165) is 51.4 Å². The highest BCUT2D eigenvalue weighted by Crippen LogP contribution is 2.46. The lowest BCUT2D eigenvalue weighted by Gasteiger charge is -2.33. The van der Waals surface area contributed by atoms with E-state index in [1.807, 2.05) is 11.3 Å². The number of fused-ring (bicyclic) bond motifs is 11. The molecule has 0 radical (unpaired) electrons. The number of para-hydroxylation sites is 2. The molecule has 0 bridgehead atoms. The fourth-order valence-corrected chi connectivity index (χ4v) is 10.4. The summed E-state index contributed by atoms with van der Waals surface area (Å²) in [6.07, 6.45) is 4.19. The molecule has 1 aliphatic heterocycles. The van der Waals surface area contributed by atoms with E-state index in [0.29, 0.717) is 0 Å². The van der Waals surface area contributed by atoms with Crippen LogP contribution in [-0.4, -0.2) is 10.3 Å². The maximum atomic E-state index is 6.71. The van der Waals surface area contributed by atoms with Gasteiger partial charge in [0.15, 0.2) is 0 Å². The summed E-state index contributed by atoms with van der Waals surface area (Å²) in [5.74, 6) is 0.286. The van der Waals surface area contributed by atoms with Crippen molar-refractivity contribution in [2.24, 2.45) is 16.8 Å². The summed E-state index contributed by atoms with van der Waals surface area (Å²) in [7, 11) is 0. The minimum atomic E-state index is -0.187. The summed E-state index contributed by atoms with van der Waals surface area (Å²) < 4.78 is 11.9. The van der Waals surface area contributed by atoms with E-state index in [2.05, 4.69) is 170 Å². The van der Waals surface area contributed by atoms with Crippen molar-refractivity contribution < 1.29 is 4.42 Å². The molecule has 260 valence electrons. The molecule has 0 saturated carbocycles. The Bertz CT molecular complexity index is 3120. The van der Waals surface area contributed by atoms with Gasteiger partial charge in [0.05, 0.1) is 11.0 Å². The van der Waals surface area contributed by atoms with Crippen LogP contribution in [0.2, 0.25) is 0 Å². The Balaban J connectivity index is 1.18. The third-order valence-electron chi connectivity index (χ3n) is 11.9. The molecular weight excluding hydrogens is 677 g/mol. The minimum Gasteiger partial charge on any atom is -0.455 e. The van der Waals surface area contributed by atoms with E-state index in [-0.39, 0.29) is 18.0 Å². The summed E-state index contributed by atoms with van der Waals surface area (Å²) in [6.45, 7) is 4.70. The first-order valence-corrected chi connectivity index (χ1v) is 20.0. The van der Waals surface area contributed by atoms with Gasteiger partial charge in [-0.3, -0.25) is 4.99 Å². The monoisotopic (exact) mass is 714 g/mol. The zero-order valence-corrected chi connectivity index (χ0v) is 31.1. The molecule has 0 amide bonds. The molecule has 2 unspecified atom stereocenters. The predicted molar refractivity (Wildman–Crippen MR) is 231 cm³/mol. The number of furan rings is 1. The molecule has 4 heteroatoms. The molecule has 3 aromatic heterocycles. The van der Waals surface area contributed by atoms with Gasteiger partial charge in [-0.1, -0.05) is 123 Å². The van der Waals surface area contributed by atoms with Crippen molar-refractivity contribution in [3.63, 3.8) is 0 Å². The second kappa shape index (κ2) is 12.3. The number of allylic oxidation sites excluding steroid dienone is 1. The van der Waals surface area contributed by atoms with Gasteiger partial charge in [0, 0.05) is 70.2 Å². The number of hydrogen-bond donors (Lipinski definition) is 0. The van der Waals surface area contributed by atoms with Crippen molar-refractivity contribution >= 4 is 97.3 Å². The third-order valence-corrected chi connectivity index (χ3v) is 13.0. The van der Waals surface area contributed by atoms with Crippen LogP contribution in [0.5, 0.6) is 0 Å². The molecule has 0 spiro atoms. The molecule has 0 fully saturated rings. The lowest BCUT2D eigenvalue weighted by Crippen LogP contribution is -2.25. The maximum Gasteiger partial charge on any atom is 0.143 e. The van der Waals surface area contributed by atoms with Gasteiger partial charge in [-0.2, -0.15) is 0 Å². The Labute approximate surface area is 317 Å². The van der Waals surface area contributed by atoms with Crippen LogP contribution in [0.4, 0.5) is 0 Å². The van der Waals surface area contributed by atoms with Crippen molar-refractivity contribution in [3.8, 4) is 0 Å². The van der Waals surface area contributed by atoms with E-state index in [1.165, 1.54) is 58.5 Å². The van der Waals surface area contributed by atoms with Crippen molar-refractivity contribution in [3.05, 3.63) is 163 Å². The molecule has 3 nitrogen and oxygen atoms in total. The minimum absolute atomic E-state index is 0.123. The summed E-state index contributed by atoms with van der Waals surface area (Å²) in [5.41, 5.74) is 9.27. The van der Waals surface area contributed by atoms with Gasteiger partial charge in [0.1, 0.15) is 17.3 Å². The Morgan fingerprint density at radius 2 is 1.37 bits per heavy atom. The van der Waals surface area contributed by atoms with Crippen LogP contribution < -0.4 is 0 Å². The van der Waals surface area contributed by atoms with Crippen molar-refractivity contribution in [2.75, 3.05) is 0 Å². The normalized spacial score (nSPS) is 19.2. The number of aliphatic imine (C=N–C) groups is 1. The Kier molecular flexibility index (Phi) is 7.18. The lowest BCUT2D eigenvalue weighted by molar-refractivity contribution is 0.415. The van der Waals surface area contributed by atoms with Crippen LogP contribution in [0.15, 0.2) is 161 Å². The average molecular weight is 715 g/mol. The van der Waals surface area contributed by atoms with Crippen LogP contribution in [-0.2, 0) is 0 Å². The number of benzene rings is 7. The molecule has 0 saturated heterocycles. The van der Waals surface area contributed by atoms with E-state index in [1.54, 1.807) is 0 Å². The Morgan fingerprint density at radius 3 is 2.17 bits per heavy atom. The van der Waals surface area contributed by atoms with E-state index < -0.39 is 0 Å². The molecule has 7 aromatic carbocycles. The first-order chi connectivity index (χ1) is 26.7. The molecule has 0 N–H and O–H groups in total. The molecular formula is C50H38N2OS. The van der Waals surface area contributed by atoms with Gasteiger partial charge >= 0.3 is 0 Å². The fraction of sp³-hybridized carbons (Fsp3) is 0.140. The van der Waals surface area contributed by atoms with Crippen molar-refractivity contribution in [2.45, 2.75) is 32.9 Å². The first kappa shape index (κ1) is 31.5. The van der Waals surface area contributed by atoms with Gasteiger partial charge in [-0.25, -0.2) is 0 Å². The zero-order valence-electron chi connectivity index (χ0n) is 30.3.